The van der Waals surface area contributed by atoms with E-state index in [0.717, 1.165) is 5.56 Å². The lowest BCUT2D eigenvalue weighted by molar-refractivity contribution is 0.174. The summed E-state index contributed by atoms with van der Waals surface area (Å²) in [7, 11) is 3.09. The summed E-state index contributed by atoms with van der Waals surface area (Å²) in [5, 5.41) is 20.1. The predicted molar refractivity (Wildman–Crippen MR) is 99.7 cm³/mol. The van der Waals surface area contributed by atoms with Crippen molar-refractivity contribution in [1.82, 2.24) is 0 Å². The summed E-state index contributed by atoms with van der Waals surface area (Å²) in [5.41, 5.74) is 2.06. The Morgan fingerprint density at radius 1 is 1.12 bits per heavy atom. The largest absolute Gasteiger partial charge is 0.493 e. The van der Waals surface area contributed by atoms with Gasteiger partial charge in [0.25, 0.3) is 0 Å². The van der Waals surface area contributed by atoms with Gasteiger partial charge < -0.3 is 29.2 Å². The summed E-state index contributed by atoms with van der Waals surface area (Å²) < 4.78 is 21.9. The minimum Gasteiger partial charge on any atom is -0.493 e. The van der Waals surface area contributed by atoms with Gasteiger partial charge in [0.1, 0.15) is 0 Å². The molecule has 138 valence electrons. The van der Waals surface area contributed by atoms with E-state index in [1.807, 2.05) is 0 Å². The van der Waals surface area contributed by atoms with Gasteiger partial charge in [0, 0.05) is 10.0 Å². The van der Waals surface area contributed by atoms with E-state index < -0.39 is 6.10 Å². The molecule has 2 aromatic carbocycles. The lowest BCUT2D eigenvalue weighted by Gasteiger charge is -2.14. The van der Waals surface area contributed by atoms with Gasteiger partial charge in [-0.05, 0) is 35.4 Å². The second-order valence-electron chi connectivity index (χ2n) is 5.60. The van der Waals surface area contributed by atoms with Crippen molar-refractivity contribution in [3.8, 4) is 23.0 Å². The van der Waals surface area contributed by atoms with Gasteiger partial charge in [-0.1, -0.05) is 28.1 Å². The van der Waals surface area contributed by atoms with Crippen LogP contribution in [0.3, 0.4) is 0 Å². The minimum absolute atomic E-state index is 0.146. The van der Waals surface area contributed by atoms with E-state index in [1.165, 1.54) is 7.11 Å². The summed E-state index contributed by atoms with van der Waals surface area (Å²) in [4.78, 5) is 0. The van der Waals surface area contributed by atoms with Crippen LogP contribution in [0.15, 0.2) is 34.8 Å². The fourth-order valence-electron chi connectivity index (χ4n) is 2.69. The van der Waals surface area contributed by atoms with Crippen molar-refractivity contribution in [2.24, 2.45) is 0 Å². The van der Waals surface area contributed by atoms with E-state index in [4.69, 9.17) is 18.9 Å². The first kappa shape index (κ1) is 18.6. The first-order valence-corrected chi connectivity index (χ1v) is 8.67. The van der Waals surface area contributed by atoms with Gasteiger partial charge >= 0.3 is 0 Å². The van der Waals surface area contributed by atoms with Gasteiger partial charge in [-0.3, -0.25) is 0 Å². The molecular formula is C19H19BrO6. The second-order valence-corrected chi connectivity index (χ2v) is 6.45. The van der Waals surface area contributed by atoms with E-state index in [0.29, 0.717) is 38.6 Å². The van der Waals surface area contributed by atoms with Crippen LogP contribution in [0.4, 0.5) is 0 Å². The van der Waals surface area contributed by atoms with Crippen LogP contribution in [-0.2, 0) is 6.61 Å². The third kappa shape index (κ3) is 3.65. The van der Waals surface area contributed by atoms with Crippen molar-refractivity contribution < 1.29 is 29.2 Å². The predicted octanol–water partition coefficient (Wildman–Crippen LogP) is 3.43. The highest BCUT2D eigenvalue weighted by Gasteiger charge is 2.17. The van der Waals surface area contributed by atoms with Gasteiger partial charge in [0.05, 0.1) is 26.9 Å². The van der Waals surface area contributed by atoms with Gasteiger partial charge in [0.15, 0.2) is 23.0 Å². The zero-order chi connectivity index (χ0) is 18.7. The highest BCUT2D eigenvalue weighted by molar-refractivity contribution is 9.10. The first-order valence-electron chi connectivity index (χ1n) is 7.88. The highest BCUT2D eigenvalue weighted by atomic mass is 79.9. The quantitative estimate of drug-likeness (QED) is 0.742. The van der Waals surface area contributed by atoms with Crippen molar-refractivity contribution in [2.75, 3.05) is 21.0 Å². The van der Waals surface area contributed by atoms with E-state index in [-0.39, 0.29) is 13.4 Å². The fourth-order valence-corrected chi connectivity index (χ4v) is 3.24. The van der Waals surface area contributed by atoms with Gasteiger partial charge in [0.2, 0.25) is 6.79 Å². The number of ether oxygens (including phenoxy) is 4. The lowest BCUT2D eigenvalue weighted by Crippen LogP contribution is -1.98. The molecule has 0 aromatic heterocycles. The van der Waals surface area contributed by atoms with Crippen LogP contribution in [0.1, 0.15) is 22.8 Å². The molecule has 0 spiro atoms. The Morgan fingerprint density at radius 2 is 1.77 bits per heavy atom. The maximum Gasteiger partial charge on any atom is 0.231 e. The number of benzene rings is 2. The van der Waals surface area contributed by atoms with Gasteiger partial charge in [-0.2, -0.15) is 0 Å². The molecule has 1 atom stereocenters. The summed E-state index contributed by atoms with van der Waals surface area (Å²) >= 11 is 3.44. The molecule has 1 unspecified atom stereocenters. The molecule has 0 saturated carbocycles. The Bertz CT molecular complexity index is 833. The molecule has 1 aliphatic heterocycles. The average molecular weight is 423 g/mol. The molecule has 6 nitrogen and oxygen atoms in total. The van der Waals surface area contributed by atoms with Crippen molar-refractivity contribution in [1.29, 1.82) is 0 Å². The number of halogens is 1. The third-order valence-corrected chi connectivity index (χ3v) is 4.77. The van der Waals surface area contributed by atoms with E-state index in [9.17, 15) is 10.2 Å². The molecule has 0 aliphatic carbocycles. The molecule has 2 N–H and O–H groups in total. The van der Waals surface area contributed by atoms with Crippen LogP contribution < -0.4 is 18.9 Å². The van der Waals surface area contributed by atoms with Crippen LogP contribution >= 0.6 is 15.9 Å². The number of methoxy groups -OCH3 is 2. The van der Waals surface area contributed by atoms with Crippen LogP contribution in [-0.4, -0.2) is 31.2 Å². The molecule has 0 fully saturated rings. The molecule has 2 aromatic rings. The Labute approximate surface area is 159 Å². The number of aliphatic hydroxyl groups excluding tert-OH is 2. The number of rotatable bonds is 6. The summed E-state index contributed by atoms with van der Waals surface area (Å²) in [5.74, 6) is 2.31. The normalized spacial score (nSPS) is 13.9. The lowest BCUT2D eigenvalue weighted by atomic mass is 10.0. The summed E-state index contributed by atoms with van der Waals surface area (Å²) in [6, 6.07) is 6.97. The van der Waals surface area contributed by atoms with Crippen molar-refractivity contribution in [3.05, 3.63) is 51.5 Å². The molecular weight excluding hydrogens is 404 g/mol. The Balaban J connectivity index is 1.90. The Morgan fingerprint density at radius 3 is 2.42 bits per heavy atom. The molecule has 26 heavy (non-hydrogen) atoms. The first-order chi connectivity index (χ1) is 12.6. The third-order valence-electron chi connectivity index (χ3n) is 4.08. The molecule has 0 bridgehead atoms. The van der Waals surface area contributed by atoms with E-state index in [1.54, 1.807) is 43.5 Å². The van der Waals surface area contributed by atoms with Gasteiger partial charge in [-0.15, -0.1) is 0 Å². The fraction of sp³-hybridized carbons (Fsp3) is 0.263. The standard InChI is InChI=1S/C19H19BrO6/c1-23-16-7-13(14(20)8-17(16)24-2)15(22)4-3-11-5-18-19(26-10-25-18)6-12(11)9-21/h3-8,15,21-22H,9-10H2,1-2H3/b4-3+. The molecule has 7 heteroatoms. The van der Waals surface area contributed by atoms with Crippen LogP contribution in [0.25, 0.3) is 6.08 Å². The van der Waals surface area contributed by atoms with Crippen LogP contribution in [0, 0.1) is 0 Å². The van der Waals surface area contributed by atoms with Crippen LogP contribution in [0.2, 0.25) is 0 Å². The van der Waals surface area contributed by atoms with Crippen molar-refractivity contribution in [2.45, 2.75) is 12.7 Å². The topological polar surface area (TPSA) is 77.4 Å². The Kier molecular flexibility index (Phi) is 5.70. The monoisotopic (exact) mass is 422 g/mol. The SMILES string of the molecule is COc1cc(Br)c(C(O)/C=C/c2cc3c(cc2CO)OCO3)cc1OC. The molecule has 0 amide bonds. The summed E-state index contributed by atoms with van der Waals surface area (Å²) in [6.45, 7) is 0.0149. The zero-order valence-electron chi connectivity index (χ0n) is 14.4. The smallest absolute Gasteiger partial charge is 0.231 e. The zero-order valence-corrected chi connectivity index (χ0v) is 15.9. The van der Waals surface area contributed by atoms with Gasteiger partial charge in [-0.25, -0.2) is 0 Å². The molecule has 0 saturated heterocycles. The molecule has 3 rings (SSSR count). The van der Waals surface area contributed by atoms with Crippen LogP contribution in [0.5, 0.6) is 23.0 Å². The minimum atomic E-state index is -0.888. The maximum absolute atomic E-state index is 10.6. The maximum atomic E-state index is 10.6. The number of fused-ring (bicyclic) bond motifs is 1. The highest BCUT2D eigenvalue weighted by Crippen LogP contribution is 2.38. The molecule has 1 heterocycles. The Hall–Kier alpha value is -2.22. The number of aliphatic hydroxyl groups is 2. The number of hydrogen-bond donors (Lipinski definition) is 2. The second kappa shape index (κ2) is 7.99. The van der Waals surface area contributed by atoms with E-state index in [2.05, 4.69) is 15.9 Å². The molecule has 1 aliphatic rings. The molecule has 0 radical (unpaired) electrons. The van der Waals surface area contributed by atoms with E-state index >= 15 is 0 Å². The average Bonchev–Trinajstić information content (AvgIpc) is 3.12. The summed E-state index contributed by atoms with van der Waals surface area (Å²) in [6.07, 6.45) is 2.48. The van der Waals surface area contributed by atoms with Crippen molar-refractivity contribution >= 4 is 22.0 Å². The van der Waals surface area contributed by atoms with Crippen molar-refractivity contribution in [3.63, 3.8) is 0 Å². The number of hydrogen-bond acceptors (Lipinski definition) is 6.